The van der Waals surface area contributed by atoms with Gasteiger partial charge in [-0.25, -0.2) is 4.79 Å². The summed E-state index contributed by atoms with van der Waals surface area (Å²) in [5.41, 5.74) is -0.512. The lowest BCUT2D eigenvalue weighted by Crippen LogP contribution is -2.45. The first-order valence-corrected chi connectivity index (χ1v) is 5.55. The predicted octanol–water partition coefficient (Wildman–Crippen LogP) is 1.35. The molecule has 1 aliphatic rings. The lowest BCUT2D eigenvalue weighted by atomic mass is 10.2. The monoisotopic (exact) mass is 231 g/mol. The molecular formula is C11H21NO4. The number of carbonyl (C=O) groups excluding carboxylic acids is 1. The number of methoxy groups -OCH3 is 1. The third-order valence-electron chi connectivity index (χ3n) is 2.50. The summed E-state index contributed by atoms with van der Waals surface area (Å²) in [5, 5.41) is 9.60. The minimum Gasteiger partial charge on any atom is -0.444 e. The first kappa shape index (κ1) is 13.3. The Morgan fingerprint density at radius 3 is 2.62 bits per heavy atom. The van der Waals surface area contributed by atoms with E-state index < -0.39 is 11.9 Å². The van der Waals surface area contributed by atoms with E-state index in [1.165, 1.54) is 7.11 Å². The minimum absolute atomic E-state index is 0.292. The molecule has 16 heavy (non-hydrogen) atoms. The molecule has 2 unspecified atom stereocenters. The van der Waals surface area contributed by atoms with E-state index in [0.29, 0.717) is 6.54 Å². The quantitative estimate of drug-likeness (QED) is 0.729. The number of likely N-dealkylation sites (tertiary alicyclic amines) is 1. The molecule has 0 radical (unpaired) electrons. The average Bonchev–Trinajstić information content (AvgIpc) is 2.62. The number of aliphatic hydroxyl groups excluding tert-OH is 1. The number of amides is 1. The van der Waals surface area contributed by atoms with Crippen LogP contribution >= 0.6 is 0 Å². The highest BCUT2D eigenvalue weighted by molar-refractivity contribution is 5.69. The highest BCUT2D eigenvalue weighted by Gasteiger charge is 2.36. The molecule has 0 aromatic heterocycles. The summed E-state index contributed by atoms with van der Waals surface area (Å²) in [6.07, 6.45) is 0.291. The van der Waals surface area contributed by atoms with Crippen LogP contribution in [0.1, 0.15) is 33.6 Å². The second-order valence-corrected chi connectivity index (χ2v) is 5.01. The van der Waals surface area contributed by atoms with Crippen molar-refractivity contribution in [2.24, 2.45) is 0 Å². The van der Waals surface area contributed by atoms with Gasteiger partial charge in [0.25, 0.3) is 0 Å². The smallest absolute Gasteiger partial charge is 0.410 e. The van der Waals surface area contributed by atoms with Crippen LogP contribution in [0.3, 0.4) is 0 Å². The molecule has 1 amide bonds. The van der Waals surface area contributed by atoms with Crippen LogP contribution in [0.25, 0.3) is 0 Å². The van der Waals surface area contributed by atoms with E-state index in [1.807, 2.05) is 20.8 Å². The lowest BCUT2D eigenvalue weighted by Gasteiger charge is -2.30. The molecule has 1 heterocycles. The van der Waals surface area contributed by atoms with E-state index in [2.05, 4.69) is 0 Å². The van der Waals surface area contributed by atoms with Gasteiger partial charge in [-0.3, -0.25) is 0 Å². The highest BCUT2D eigenvalue weighted by Crippen LogP contribution is 2.23. The Bertz CT molecular complexity index is 249. The Morgan fingerprint density at radius 1 is 1.50 bits per heavy atom. The third kappa shape index (κ3) is 3.35. The van der Waals surface area contributed by atoms with Gasteiger partial charge in [0, 0.05) is 13.7 Å². The number of hydrogen-bond donors (Lipinski definition) is 1. The summed E-state index contributed by atoms with van der Waals surface area (Å²) in [7, 11) is 1.43. The summed E-state index contributed by atoms with van der Waals surface area (Å²) in [5.74, 6) is 0. The second-order valence-electron chi connectivity index (χ2n) is 5.01. The Hall–Kier alpha value is -0.810. The zero-order chi connectivity index (χ0) is 12.3. The standard InChI is InChI=1S/C11H21NO4/c1-11(2,3)16-10(14)12-7-5-6-8(12)9(13)15-4/h8-9,13H,5-7H2,1-4H3. The Balaban J connectivity index is 2.61. The highest BCUT2D eigenvalue weighted by atomic mass is 16.6. The van der Waals surface area contributed by atoms with Crippen molar-refractivity contribution in [2.45, 2.75) is 51.5 Å². The fraction of sp³-hybridized carbons (Fsp3) is 0.909. The van der Waals surface area contributed by atoms with Gasteiger partial charge in [0.1, 0.15) is 5.60 Å². The van der Waals surface area contributed by atoms with Crippen molar-refractivity contribution in [3.63, 3.8) is 0 Å². The number of nitrogens with zero attached hydrogens (tertiary/aromatic N) is 1. The Labute approximate surface area is 96.3 Å². The molecule has 0 saturated carbocycles. The molecule has 2 atom stereocenters. The first-order chi connectivity index (χ1) is 7.35. The number of aliphatic hydroxyl groups is 1. The molecule has 1 aliphatic heterocycles. The Kier molecular flexibility index (Phi) is 4.15. The van der Waals surface area contributed by atoms with Crippen molar-refractivity contribution in [1.82, 2.24) is 4.90 Å². The molecule has 0 aliphatic carbocycles. The van der Waals surface area contributed by atoms with Crippen LogP contribution in [-0.4, -0.2) is 47.7 Å². The van der Waals surface area contributed by atoms with Crippen LogP contribution in [0.4, 0.5) is 4.79 Å². The molecule has 5 nitrogen and oxygen atoms in total. The van der Waals surface area contributed by atoms with Gasteiger partial charge in [0.05, 0.1) is 6.04 Å². The third-order valence-corrected chi connectivity index (χ3v) is 2.50. The summed E-state index contributed by atoms with van der Waals surface area (Å²) < 4.78 is 10.1. The average molecular weight is 231 g/mol. The van der Waals surface area contributed by atoms with Crippen LogP contribution in [0, 0.1) is 0 Å². The molecule has 0 bridgehead atoms. The van der Waals surface area contributed by atoms with E-state index in [9.17, 15) is 9.90 Å². The fourth-order valence-electron chi connectivity index (χ4n) is 1.79. The zero-order valence-corrected chi connectivity index (χ0v) is 10.4. The van der Waals surface area contributed by atoms with Crippen LogP contribution in [0.15, 0.2) is 0 Å². The molecular weight excluding hydrogens is 210 g/mol. The van der Waals surface area contributed by atoms with Crippen molar-refractivity contribution >= 4 is 6.09 Å². The Morgan fingerprint density at radius 2 is 2.12 bits per heavy atom. The van der Waals surface area contributed by atoms with Crippen molar-refractivity contribution in [3.05, 3.63) is 0 Å². The van der Waals surface area contributed by atoms with Crippen LogP contribution in [0.2, 0.25) is 0 Å². The largest absolute Gasteiger partial charge is 0.444 e. The molecule has 0 spiro atoms. The number of rotatable bonds is 2. The van der Waals surface area contributed by atoms with Crippen molar-refractivity contribution in [1.29, 1.82) is 0 Å². The van der Waals surface area contributed by atoms with E-state index in [-0.39, 0.29) is 12.1 Å². The van der Waals surface area contributed by atoms with Gasteiger partial charge in [-0.1, -0.05) is 0 Å². The first-order valence-electron chi connectivity index (χ1n) is 5.55. The van der Waals surface area contributed by atoms with Crippen LogP contribution in [0.5, 0.6) is 0 Å². The van der Waals surface area contributed by atoms with Gasteiger partial charge in [0.2, 0.25) is 0 Å². The van der Waals surface area contributed by atoms with Crippen molar-refractivity contribution < 1.29 is 19.4 Å². The minimum atomic E-state index is -0.935. The van der Waals surface area contributed by atoms with E-state index in [1.54, 1.807) is 4.90 Å². The molecule has 1 N–H and O–H groups in total. The fourth-order valence-corrected chi connectivity index (χ4v) is 1.79. The maximum atomic E-state index is 11.8. The van der Waals surface area contributed by atoms with Gasteiger partial charge in [-0.2, -0.15) is 0 Å². The number of carbonyl (C=O) groups is 1. The summed E-state index contributed by atoms with van der Waals surface area (Å²) >= 11 is 0. The van der Waals surface area contributed by atoms with Gasteiger partial charge < -0.3 is 19.5 Å². The molecule has 1 saturated heterocycles. The second kappa shape index (κ2) is 5.01. The van der Waals surface area contributed by atoms with Crippen LogP contribution < -0.4 is 0 Å². The number of ether oxygens (including phenoxy) is 2. The van der Waals surface area contributed by atoms with Gasteiger partial charge in [0.15, 0.2) is 6.29 Å². The molecule has 5 heteroatoms. The van der Waals surface area contributed by atoms with Gasteiger partial charge >= 0.3 is 6.09 Å². The number of hydrogen-bond acceptors (Lipinski definition) is 4. The van der Waals surface area contributed by atoms with Gasteiger partial charge in [-0.15, -0.1) is 0 Å². The van der Waals surface area contributed by atoms with E-state index in [4.69, 9.17) is 9.47 Å². The maximum absolute atomic E-state index is 11.8. The molecule has 0 aromatic carbocycles. The van der Waals surface area contributed by atoms with Crippen LogP contribution in [-0.2, 0) is 9.47 Å². The molecule has 1 rings (SSSR count). The summed E-state index contributed by atoms with van der Waals surface area (Å²) in [4.78, 5) is 13.4. The maximum Gasteiger partial charge on any atom is 0.410 e. The van der Waals surface area contributed by atoms with E-state index >= 15 is 0 Å². The molecule has 0 aromatic rings. The lowest BCUT2D eigenvalue weighted by molar-refractivity contribution is -0.116. The topological polar surface area (TPSA) is 59.0 Å². The predicted molar refractivity (Wildman–Crippen MR) is 59.0 cm³/mol. The van der Waals surface area contributed by atoms with Crippen molar-refractivity contribution in [3.8, 4) is 0 Å². The normalized spacial score (nSPS) is 23.3. The zero-order valence-electron chi connectivity index (χ0n) is 10.4. The SMILES string of the molecule is COC(O)C1CCCN1C(=O)OC(C)(C)C. The summed E-state index contributed by atoms with van der Waals surface area (Å²) in [6.45, 7) is 6.08. The van der Waals surface area contributed by atoms with Crippen molar-refractivity contribution in [2.75, 3.05) is 13.7 Å². The van der Waals surface area contributed by atoms with Gasteiger partial charge in [-0.05, 0) is 33.6 Å². The summed E-state index contributed by atoms with van der Waals surface area (Å²) in [6, 6.07) is -0.292. The molecule has 94 valence electrons. The molecule has 1 fully saturated rings. The van der Waals surface area contributed by atoms with E-state index in [0.717, 1.165) is 12.8 Å².